The minimum atomic E-state index is -2.16. The highest BCUT2D eigenvalue weighted by molar-refractivity contribution is 7.97. The van der Waals surface area contributed by atoms with Crippen LogP contribution in [0.5, 0.6) is 0 Å². The summed E-state index contributed by atoms with van der Waals surface area (Å²) in [6.07, 6.45) is 6.89. The first-order valence-corrected chi connectivity index (χ1v) is 12.9. The smallest absolute Gasteiger partial charge is 0.219 e. The third-order valence-corrected chi connectivity index (χ3v) is 7.31. The number of hydrogen-bond acceptors (Lipinski definition) is 10. The highest BCUT2D eigenvalue weighted by atomic mass is 32.2. The number of anilines is 2. The lowest BCUT2D eigenvalue weighted by Gasteiger charge is -2.34. The summed E-state index contributed by atoms with van der Waals surface area (Å²) in [6.45, 7) is 6.50. The average Bonchev–Trinajstić information content (AvgIpc) is 3.21. The number of nitrogen functional groups attached to an aromatic ring is 1. The summed E-state index contributed by atoms with van der Waals surface area (Å²) in [6, 6.07) is 0. The number of nitrogens with two attached hydrogens (primary N) is 1. The number of morpholine rings is 1. The molecule has 0 saturated carbocycles. The minimum Gasteiger partial charge on any atom is -0.378 e. The van der Waals surface area contributed by atoms with Crippen molar-refractivity contribution in [2.24, 2.45) is 0 Å². The van der Waals surface area contributed by atoms with E-state index in [1.165, 1.54) is 0 Å². The summed E-state index contributed by atoms with van der Waals surface area (Å²) >= 11 is 0. The molecule has 5 rings (SSSR count). The molecule has 2 fully saturated rings. The Morgan fingerprint density at radius 1 is 1.09 bits per heavy atom. The molecule has 0 aliphatic carbocycles. The minimum absolute atomic E-state index is 0.205. The largest absolute Gasteiger partial charge is 0.378 e. The van der Waals surface area contributed by atoms with Gasteiger partial charge in [-0.25, -0.2) is 28.8 Å². The van der Waals surface area contributed by atoms with Gasteiger partial charge < -0.3 is 15.4 Å². The number of piperazine rings is 1. The molecule has 2 saturated heterocycles. The third kappa shape index (κ3) is 4.76. The van der Waals surface area contributed by atoms with Crippen molar-refractivity contribution in [1.29, 1.82) is 0 Å². The first kappa shape index (κ1) is 21.9. The van der Waals surface area contributed by atoms with Crippen molar-refractivity contribution in [3.05, 3.63) is 24.3 Å². The van der Waals surface area contributed by atoms with Crippen LogP contribution in [0.2, 0.25) is 0 Å². The van der Waals surface area contributed by atoms with E-state index in [0.29, 0.717) is 36.8 Å². The van der Waals surface area contributed by atoms with E-state index in [4.69, 9.17) is 20.4 Å². The van der Waals surface area contributed by atoms with Crippen LogP contribution in [0.1, 0.15) is 5.69 Å². The zero-order valence-corrected chi connectivity index (χ0v) is 19.4. The molecule has 1 unspecified atom stereocenters. The predicted octanol–water partition coefficient (Wildman–Crippen LogP) is -0.621. The van der Waals surface area contributed by atoms with Gasteiger partial charge in [-0.15, -0.1) is 5.10 Å². The third-order valence-electron chi connectivity index (χ3n) is 5.86. The Hall–Kier alpha value is -2.87. The topological polar surface area (TPSA) is 131 Å². The summed E-state index contributed by atoms with van der Waals surface area (Å²) in [4.78, 5) is 22.3. The van der Waals surface area contributed by atoms with Crippen molar-refractivity contribution in [1.82, 2.24) is 38.8 Å². The lowest BCUT2D eigenvalue weighted by Crippen LogP contribution is -2.47. The normalized spacial score (nSPS) is 20.2. The van der Waals surface area contributed by atoms with E-state index in [-0.39, 0.29) is 5.95 Å². The van der Waals surface area contributed by atoms with E-state index < -0.39 is 9.71 Å². The molecule has 1 atom stereocenters. The van der Waals surface area contributed by atoms with Crippen LogP contribution in [0.25, 0.3) is 17.0 Å². The van der Waals surface area contributed by atoms with E-state index >= 15 is 0 Å². The van der Waals surface area contributed by atoms with Crippen molar-refractivity contribution >= 4 is 33.0 Å². The fraction of sp³-hybridized carbons (Fsp3) is 0.500. The molecular weight excluding hydrogens is 444 g/mol. The number of hydrogen-bond donors (Lipinski definition) is 1. The first-order chi connectivity index (χ1) is 15.9. The second kappa shape index (κ2) is 8.82. The Morgan fingerprint density at radius 3 is 2.45 bits per heavy atom. The van der Waals surface area contributed by atoms with Gasteiger partial charge in [0.25, 0.3) is 0 Å². The molecular formula is C20H28N10O2S. The lowest BCUT2D eigenvalue weighted by molar-refractivity contribution is 0.122. The van der Waals surface area contributed by atoms with Crippen LogP contribution in [-0.2, 0) is 21.0 Å². The van der Waals surface area contributed by atoms with Crippen LogP contribution in [0, 0.1) is 0 Å². The van der Waals surface area contributed by atoms with Crippen LogP contribution >= 0.6 is 0 Å². The van der Waals surface area contributed by atoms with Crippen LogP contribution in [0.15, 0.2) is 18.6 Å². The van der Waals surface area contributed by atoms with Gasteiger partial charge in [-0.2, -0.15) is 0 Å². The van der Waals surface area contributed by atoms with Crippen molar-refractivity contribution < 1.29 is 8.95 Å². The van der Waals surface area contributed by atoms with Crippen molar-refractivity contribution in [2.75, 3.05) is 69.4 Å². The number of ether oxygens (including phenoxy) is 1. The standard InChI is InChI=1S/C20H28N10O2S/c1-33(2,31)29-5-3-27(4-6-29)13-16-14-30-19(24-16)18(28-7-9-32-10-8-28)25-17(26-30)15-11-22-20(21)23-12-15/h11-12,14H,1,3-10,13H2,2H3,(H2,21,22,23). The Bertz CT molecular complexity index is 1230. The van der Waals surface area contributed by atoms with Crippen molar-refractivity contribution in [2.45, 2.75) is 6.54 Å². The van der Waals surface area contributed by atoms with E-state index in [2.05, 4.69) is 30.7 Å². The first-order valence-electron chi connectivity index (χ1n) is 10.8. The molecule has 0 bridgehead atoms. The van der Waals surface area contributed by atoms with Crippen LogP contribution < -0.4 is 10.6 Å². The highest BCUT2D eigenvalue weighted by Gasteiger charge is 2.23. The lowest BCUT2D eigenvalue weighted by atomic mass is 10.3. The van der Waals surface area contributed by atoms with Gasteiger partial charge in [0.05, 0.1) is 30.7 Å². The van der Waals surface area contributed by atoms with Gasteiger partial charge in [0.15, 0.2) is 17.3 Å². The molecule has 0 radical (unpaired) electrons. The molecule has 0 amide bonds. The Balaban J connectivity index is 1.45. The molecule has 0 spiro atoms. The number of nitrogens with zero attached hydrogens (tertiary/aromatic N) is 9. The van der Waals surface area contributed by atoms with Crippen molar-refractivity contribution in [3.63, 3.8) is 0 Å². The molecule has 33 heavy (non-hydrogen) atoms. The van der Waals surface area contributed by atoms with Gasteiger partial charge in [0.2, 0.25) is 5.95 Å². The Labute approximate surface area is 192 Å². The molecule has 3 aromatic rings. The summed E-state index contributed by atoms with van der Waals surface area (Å²) < 4.78 is 21.5. The number of fused-ring (bicyclic) bond motifs is 1. The number of aromatic nitrogens is 6. The zero-order valence-electron chi connectivity index (χ0n) is 18.6. The number of rotatable bonds is 5. The monoisotopic (exact) mass is 472 g/mol. The average molecular weight is 473 g/mol. The Morgan fingerprint density at radius 2 is 1.79 bits per heavy atom. The Kier molecular flexibility index (Phi) is 5.86. The van der Waals surface area contributed by atoms with Gasteiger partial charge in [0.1, 0.15) is 0 Å². The van der Waals surface area contributed by atoms with Crippen LogP contribution in [-0.4, -0.2) is 108 Å². The maximum absolute atomic E-state index is 12.2. The van der Waals surface area contributed by atoms with Gasteiger partial charge in [-0.3, -0.25) is 9.11 Å². The van der Waals surface area contributed by atoms with E-state index in [1.807, 2.05) is 10.5 Å². The zero-order chi connectivity index (χ0) is 23.0. The van der Waals surface area contributed by atoms with Gasteiger partial charge in [-0.05, 0) is 5.87 Å². The maximum atomic E-state index is 12.2. The van der Waals surface area contributed by atoms with Gasteiger partial charge >= 0.3 is 0 Å². The second-order valence-corrected chi connectivity index (χ2v) is 10.8. The predicted molar refractivity (Wildman–Crippen MR) is 127 cm³/mol. The number of imidazole rings is 1. The molecule has 2 aliphatic rings. The highest BCUT2D eigenvalue weighted by Crippen LogP contribution is 2.24. The van der Waals surface area contributed by atoms with Gasteiger partial charge in [0, 0.05) is 74.2 Å². The SMILES string of the molecule is C=S(C)(=O)N1CCN(Cc2cn3nc(-c4cnc(N)nc4)nc(N4CCOCC4)c3n2)CC1. The fourth-order valence-electron chi connectivity index (χ4n) is 4.06. The van der Waals surface area contributed by atoms with E-state index in [0.717, 1.165) is 50.8 Å². The molecule has 3 aromatic heterocycles. The molecule has 5 heterocycles. The van der Waals surface area contributed by atoms with Gasteiger partial charge in [-0.1, -0.05) is 0 Å². The van der Waals surface area contributed by atoms with Crippen LogP contribution in [0.3, 0.4) is 0 Å². The maximum Gasteiger partial charge on any atom is 0.219 e. The summed E-state index contributed by atoms with van der Waals surface area (Å²) in [5.41, 5.74) is 7.94. The van der Waals surface area contributed by atoms with E-state index in [1.54, 1.807) is 23.2 Å². The molecule has 12 nitrogen and oxygen atoms in total. The quantitative estimate of drug-likeness (QED) is 0.479. The molecule has 13 heteroatoms. The molecule has 2 N–H and O–H groups in total. The summed E-state index contributed by atoms with van der Waals surface area (Å²) in [5, 5.41) is 4.68. The summed E-state index contributed by atoms with van der Waals surface area (Å²) in [7, 11) is -2.16. The molecule has 0 aromatic carbocycles. The second-order valence-electron chi connectivity index (χ2n) is 8.35. The fourth-order valence-corrected chi connectivity index (χ4v) is 5.00. The van der Waals surface area contributed by atoms with Crippen molar-refractivity contribution in [3.8, 4) is 11.4 Å². The molecule has 2 aliphatic heterocycles. The summed E-state index contributed by atoms with van der Waals surface area (Å²) in [5.74, 6) is 5.28. The van der Waals surface area contributed by atoms with Crippen LogP contribution in [0.4, 0.5) is 11.8 Å². The van der Waals surface area contributed by atoms with E-state index in [9.17, 15) is 4.21 Å². The molecule has 176 valence electrons.